The molecule has 0 aliphatic carbocycles. The van der Waals surface area contributed by atoms with E-state index < -0.39 is 0 Å². The molecule has 0 aliphatic rings. The Hall–Kier alpha value is -2.26. The first-order valence-electron chi connectivity index (χ1n) is 7.16. The summed E-state index contributed by atoms with van der Waals surface area (Å²) in [5.74, 6) is 0. The second-order valence-electron chi connectivity index (χ2n) is 5.55. The Balaban J connectivity index is 1.89. The van der Waals surface area contributed by atoms with E-state index in [1.807, 2.05) is 18.2 Å². The molecule has 2 N–H and O–H groups in total. The SMILES string of the molecule is Cc1ccc(C)c(CC(N)c2ccc3nccnc3c2)c1. The van der Waals surface area contributed by atoms with E-state index in [1.54, 1.807) is 12.4 Å². The van der Waals surface area contributed by atoms with Crippen LogP contribution in [0.25, 0.3) is 11.0 Å². The summed E-state index contributed by atoms with van der Waals surface area (Å²) in [6, 6.07) is 12.6. The summed E-state index contributed by atoms with van der Waals surface area (Å²) in [7, 11) is 0. The number of benzene rings is 2. The highest BCUT2D eigenvalue weighted by Gasteiger charge is 2.10. The molecule has 1 atom stereocenters. The first-order chi connectivity index (χ1) is 10.1. The van der Waals surface area contributed by atoms with Crippen molar-refractivity contribution in [2.24, 2.45) is 5.73 Å². The number of fused-ring (bicyclic) bond motifs is 1. The summed E-state index contributed by atoms with van der Waals surface area (Å²) >= 11 is 0. The molecule has 0 saturated carbocycles. The van der Waals surface area contributed by atoms with Crippen LogP contribution in [0.15, 0.2) is 48.8 Å². The van der Waals surface area contributed by atoms with Gasteiger partial charge in [-0.05, 0) is 49.1 Å². The molecule has 0 bridgehead atoms. The van der Waals surface area contributed by atoms with Crippen molar-refractivity contribution >= 4 is 11.0 Å². The van der Waals surface area contributed by atoms with Crippen molar-refractivity contribution in [3.8, 4) is 0 Å². The fourth-order valence-corrected chi connectivity index (χ4v) is 2.59. The summed E-state index contributed by atoms with van der Waals surface area (Å²) < 4.78 is 0. The fourth-order valence-electron chi connectivity index (χ4n) is 2.59. The van der Waals surface area contributed by atoms with Gasteiger partial charge in [0.1, 0.15) is 0 Å². The van der Waals surface area contributed by atoms with E-state index in [-0.39, 0.29) is 6.04 Å². The number of aromatic nitrogens is 2. The maximum atomic E-state index is 6.39. The first-order valence-corrected chi connectivity index (χ1v) is 7.16. The van der Waals surface area contributed by atoms with Crippen molar-refractivity contribution in [3.05, 3.63) is 71.0 Å². The summed E-state index contributed by atoms with van der Waals surface area (Å²) in [5.41, 5.74) is 13.2. The van der Waals surface area contributed by atoms with Crippen molar-refractivity contribution < 1.29 is 0 Å². The highest BCUT2D eigenvalue weighted by Crippen LogP contribution is 2.21. The Morgan fingerprint density at radius 1 is 0.952 bits per heavy atom. The van der Waals surface area contributed by atoms with Gasteiger partial charge < -0.3 is 5.73 Å². The van der Waals surface area contributed by atoms with Crippen LogP contribution in [0.1, 0.15) is 28.3 Å². The second-order valence-corrected chi connectivity index (χ2v) is 5.55. The first kappa shape index (κ1) is 13.7. The predicted octanol–water partition coefficient (Wildman–Crippen LogP) is 3.49. The van der Waals surface area contributed by atoms with Crippen molar-refractivity contribution in [2.45, 2.75) is 26.3 Å². The Bertz CT molecular complexity index is 780. The molecule has 0 saturated heterocycles. The molecule has 21 heavy (non-hydrogen) atoms. The minimum absolute atomic E-state index is 0.0306. The van der Waals surface area contributed by atoms with Crippen molar-refractivity contribution in [1.29, 1.82) is 0 Å². The largest absolute Gasteiger partial charge is 0.324 e. The van der Waals surface area contributed by atoms with Gasteiger partial charge in [0.25, 0.3) is 0 Å². The van der Waals surface area contributed by atoms with Gasteiger partial charge in [0.05, 0.1) is 11.0 Å². The Kier molecular flexibility index (Phi) is 3.67. The van der Waals surface area contributed by atoms with Crippen LogP contribution in [-0.4, -0.2) is 9.97 Å². The van der Waals surface area contributed by atoms with Crippen molar-refractivity contribution in [1.82, 2.24) is 9.97 Å². The van der Waals surface area contributed by atoms with Gasteiger partial charge in [0.2, 0.25) is 0 Å². The standard InChI is InChI=1S/C18H19N3/c1-12-3-4-13(2)15(9-12)10-16(19)14-5-6-17-18(11-14)21-8-7-20-17/h3-9,11,16H,10,19H2,1-2H3. The van der Waals surface area contributed by atoms with Gasteiger partial charge in [0, 0.05) is 18.4 Å². The Morgan fingerprint density at radius 3 is 2.52 bits per heavy atom. The van der Waals surface area contributed by atoms with Crippen LogP contribution in [0, 0.1) is 13.8 Å². The number of nitrogens with two attached hydrogens (primary N) is 1. The zero-order chi connectivity index (χ0) is 14.8. The predicted molar refractivity (Wildman–Crippen MR) is 86.1 cm³/mol. The maximum Gasteiger partial charge on any atom is 0.0890 e. The quantitative estimate of drug-likeness (QED) is 0.797. The molecule has 106 valence electrons. The molecular formula is C18H19N3. The third-order valence-electron chi connectivity index (χ3n) is 3.87. The summed E-state index contributed by atoms with van der Waals surface area (Å²) in [4.78, 5) is 8.63. The normalized spacial score (nSPS) is 12.5. The van der Waals surface area contributed by atoms with Crippen molar-refractivity contribution in [3.63, 3.8) is 0 Å². The topological polar surface area (TPSA) is 51.8 Å². The number of hydrogen-bond donors (Lipinski definition) is 1. The summed E-state index contributed by atoms with van der Waals surface area (Å²) in [6.45, 7) is 4.24. The molecule has 0 fully saturated rings. The van der Waals surface area contributed by atoms with Crippen LogP contribution in [0.3, 0.4) is 0 Å². The van der Waals surface area contributed by atoms with Crippen LogP contribution in [0.5, 0.6) is 0 Å². The van der Waals surface area contributed by atoms with E-state index in [0.717, 1.165) is 23.0 Å². The van der Waals surface area contributed by atoms with Gasteiger partial charge >= 0.3 is 0 Å². The molecule has 1 heterocycles. The van der Waals surface area contributed by atoms with Gasteiger partial charge in [-0.1, -0.05) is 29.8 Å². The lowest BCUT2D eigenvalue weighted by Gasteiger charge is -2.15. The molecule has 0 spiro atoms. The van der Waals surface area contributed by atoms with Gasteiger partial charge in [-0.15, -0.1) is 0 Å². The lowest BCUT2D eigenvalue weighted by molar-refractivity contribution is 0.719. The second kappa shape index (κ2) is 5.62. The fraction of sp³-hybridized carbons (Fsp3) is 0.222. The average Bonchev–Trinajstić information content (AvgIpc) is 2.50. The highest BCUT2D eigenvalue weighted by atomic mass is 14.8. The molecular weight excluding hydrogens is 258 g/mol. The number of nitrogens with zero attached hydrogens (tertiary/aromatic N) is 2. The van der Waals surface area contributed by atoms with E-state index in [4.69, 9.17) is 5.73 Å². The highest BCUT2D eigenvalue weighted by molar-refractivity contribution is 5.74. The molecule has 3 aromatic rings. The van der Waals surface area contributed by atoms with Gasteiger partial charge in [-0.3, -0.25) is 9.97 Å². The lowest BCUT2D eigenvalue weighted by Crippen LogP contribution is -2.14. The molecule has 0 amide bonds. The monoisotopic (exact) mass is 277 g/mol. The van der Waals surface area contributed by atoms with E-state index in [0.29, 0.717) is 0 Å². The van der Waals surface area contributed by atoms with Crippen LogP contribution in [-0.2, 0) is 6.42 Å². The molecule has 0 radical (unpaired) electrons. The van der Waals surface area contributed by atoms with E-state index in [2.05, 4.69) is 42.0 Å². The molecule has 3 rings (SSSR count). The van der Waals surface area contributed by atoms with Crippen LogP contribution < -0.4 is 5.73 Å². The van der Waals surface area contributed by atoms with Crippen molar-refractivity contribution in [2.75, 3.05) is 0 Å². The third-order valence-corrected chi connectivity index (χ3v) is 3.87. The molecule has 1 aromatic heterocycles. The van der Waals surface area contributed by atoms with Gasteiger partial charge in [-0.2, -0.15) is 0 Å². The zero-order valence-electron chi connectivity index (χ0n) is 12.4. The molecule has 3 nitrogen and oxygen atoms in total. The molecule has 0 aliphatic heterocycles. The van der Waals surface area contributed by atoms with Crippen LogP contribution in [0.2, 0.25) is 0 Å². The van der Waals surface area contributed by atoms with Crippen LogP contribution >= 0.6 is 0 Å². The minimum Gasteiger partial charge on any atom is -0.324 e. The van der Waals surface area contributed by atoms with E-state index >= 15 is 0 Å². The third kappa shape index (κ3) is 2.93. The Labute approximate surface area is 124 Å². The molecule has 1 unspecified atom stereocenters. The lowest BCUT2D eigenvalue weighted by atomic mass is 9.95. The zero-order valence-corrected chi connectivity index (χ0v) is 12.4. The summed E-state index contributed by atoms with van der Waals surface area (Å²) in [6.07, 6.45) is 4.25. The van der Waals surface area contributed by atoms with Gasteiger partial charge in [0.15, 0.2) is 0 Å². The maximum absolute atomic E-state index is 6.39. The average molecular weight is 277 g/mol. The minimum atomic E-state index is -0.0306. The van der Waals surface area contributed by atoms with E-state index in [1.165, 1.54) is 16.7 Å². The van der Waals surface area contributed by atoms with E-state index in [9.17, 15) is 0 Å². The Morgan fingerprint density at radius 2 is 1.71 bits per heavy atom. The summed E-state index contributed by atoms with van der Waals surface area (Å²) in [5, 5.41) is 0. The number of aryl methyl sites for hydroxylation is 2. The molecule has 2 aromatic carbocycles. The van der Waals surface area contributed by atoms with Gasteiger partial charge in [-0.25, -0.2) is 0 Å². The van der Waals surface area contributed by atoms with Crippen LogP contribution in [0.4, 0.5) is 0 Å². The smallest absolute Gasteiger partial charge is 0.0890 e. The number of rotatable bonds is 3. The molecule has 3 heteroatoms. The number of hydrogen-bond acceptors (Lipinski definition) is 3.